The van der Waals surface area contributed by atoms with Crippen LogP contribution in [0, 0.1) is 5.41 Å². The Hall–Kier alpha value is -2.65. The topological polar surface area (TPSA) is 108 Å². The van der Waals surface area contributed by atoms with Crippen molar-refractivity contribution in [2.75, 3.05) is 43.1 Å². The second kappa shape index (κ2) is 9.01. The predicted molar refractivity (Wildman–Crippen MR) is 111 cm³/mol. The first kappa shape index (κ1) is 22.0. The van der Waals surface area contributed by atoms with Gasteiger partial charge in [0.15, 0.2) is 0 Å². The lowest BCUT2D eigenvalue weighted by molar-refractivity contribution is -0.125. The van der Waals surface area contributed by atoms with Crippen molar-refractivity contribution in [1.82, 2.24) is 4.90 Å². The van der Waals surface area contributed by atoms with Crippen LogP contribution in [0.2, 0.25) is 0 Å². The highest BCUT2D eigenvalue weighted by Gasteiger charge is 2.40. The van der Waals surface area contributed by atoms with E-state index in [1.807, 2.05) is 20.8 Å². The number of anilines is 2. The molecule has 0 unspecified atom stereocenters. The number of ether oxygens (including phenoxy) is 2. The zero-order valence-corrected chi connectivity index (χ0v) is 17.6. The number of benzene rings is 1. The van der Waals surface area contributed by atoms with Gasteiger partial charge in [0.05, 0.1) is 25.9 Å². The van der Waals surface area contributed by atoms with Gasteiger partial charge >= 0.3 is 6.09 Å². The molecule has 2 aliphatic heterocycles. The van der Waals surface area contributed by atoms with E-state index in [1.54, 1.807) is 29.2 Å². The minimum absolute atomic E-state index is 0.0436. The molecule has 2 saturated heterocycles. The molecule has 9 heteroatoms. The summed E-state index contributed by atoms with van der Waals surface area (Å²) < 4.78 is 11.0. The third kappa shape index (κ3) is 5.48. The number of nitrogens with zero attached hydrogens (tertiary/aromatic N) is 2. The average Bonchev–Trinajstić information content (AvgIpc) is 3.12. The van der Waals surface area contributed by atoms with Crippen LogP contribution in [0.4, 0.5) is 16.2 Å². The summed E-state index contributed by atoms with van der Waals surface area (Å²) >= 11 is 0. The lowest BCUT2D eigenvalue weighted by Crippen LogP contribution is -2.42. The Morgan fingerprint density at radius 3 is 2.57 bits per heavy atom. The van der Waals surface area contributed by atoms with E-state index in [0.717, 1.165) is 10.6 Å². The molecule has 0 aromatic heterocycles. The predicted octanol–water partition coefficient (Wildman–Crippen LogP) is 2.17. The normalized spacial score (nSPS) is 22.3. The summed E-state index contributed by atoms with van der Waals surface area (Å²) in [4.78, 5) is 39.1. The molecule has 0 radical (unpaired) electrons. The van der Waals surface area contributed by atoms with Crippen molar-refractivity contribution in [3.63, 3.8) is 0 Å². The molecule has 2 atom stereocenters. The van der Waals surface area contributed by atoms with Gasteiger partial charge in [-0.15, -0.1) is 0 Å². The molecule has 30 heavy (non-hydrogen) atoms. The summed E-state index contributed by atoms with van der Waals surface area (Å²) in [6.07, 6.45) is -1.14. The largest absolute Gasteiger partial charge is 0.465 e. The van der Waals surface area contributed by atoms with Crippen molar-refractivity contribution < 1.29 is 29.0 Å². The van der Waals surface area contributed by atoms with Gasteiger partial charge in [-0.05, 0) is 29.7 Å². The molecule has 0 spiro atoms. The van der Waals surface area contributed by atoms with Crippen LogP contribution in [0.15, 0.2) is 24.3 Å². The van der Waals surface area contributed by atoms with E-state index in [9.17, 15) is 19.5 Å². The molecule has 0 bridgehead atoms. The Morgan fingerprint density at radius 1 is 1.27 bits per heavy atom. The Labute approximate surface area is 175 Å². The van der Waals surface area contributed by atoms with Gasteiger partial charge in [0.1, 0.15) is 12.6 Å². The Morgan fingerprint density at radius 2 is 1.97 bits per heavy atom. The highest BCUT2D eigenvalue weighted by Crippen LogP contribution is 2.25. The smallest absolute Gasteiger partial charge is 0.408 e. The van der Waals surface area contributed by atoms with E-state index in [4.69, 9.17) is 9.47 Å². The van der Waals surface area contributed by atoms with Gasteiger partial charge < -0.3 is 24.8 Å². The lowest BCUT2D eigenvalue weighted by atomic mass is 9.98. The molecule has 3 rings (SSSR count). The minimum Gasteiger partial charge on any atom is -0.465 e. The van der Waals surface area contributed by atoms with E-state index >= 15 is 0 Å². The summed E-state index contributed by atoms with van der Waals surface area (Å²) in [5.74, 6) is -0.503. The van der Waals surface area contributed by atoms with Crippen LogP contribution >= 0.6 is 0 Å². The summed E-state index contributed by atoms with van der Waals surface area (Å²) in [6, 6.07) is 6.08. The second-order valence-electron chi connectivity index (χ2n) is 8.81. The number of nitrogens with one attached hydrogen (secondary N) is 1. The van der Waals surface area contributed by atoms with E-state index in [2.05, 4.69) is 5.32 Å². The molecule has 9 nitrogen and oxygen atoms in total. The molecule has 0 aliphatic carbocycles. The van der Waals surface area contributed by atoms with Crippen molar-refractivity contribution >= 4 is 29.3 Å². The molecular formula is C21H29N3O6. The number of amides is 3. The molecule has 0 saturated carbocycles. The van der Waals surface area contributed by atoms with Gasteiger partial charge in [0, 0.05) is 24.3 Å². The minimum atomic E-state index is -1.14. The Kier molecular flexibility index (Phi) is 6.62. The van der Waals surface area contributed by atoms with Crippen LogP contribution < -0.4 is 10.2 Å². The number of likely N-dealkylation sites (tertiary alicyclic amines) is 1. The maximum atomic E-state index is 12.8. The van der Waals surface area contributed by atoms with Crippen LogP contribution in [0.25, 0.3) is 0 Å². The quantitative estimate of drug-likeness (QED) is 0.757. The zero-order valence-electron chi connectivity index (χ0n) is 17.6. The summed E-state index contributed by atoms with van der Waals surface area (Å²) in [7, 11) is 0. The number of hydrogen-bond acceptors (Lipinski definition) is 5. The number of hydrogen-bond donors (Lipinski definition) is 2. The maximum absolute atomic E-state index is 12.8. The van der Waals surface area contributed by atoms with E-state index < -0.39 is 18.0 Å². The van der Waals surface area contributed by atoms with Gasteiger partial charge in [-0.25, -0.2) is 4.79 Å². The molecule has 164 valence electrons. The standard InChI is InChI=1S/C21H29N3O6/c1-21(2,3)13-30-16-10-17(24(11-16)20(27)28)19(26)22-14-4-6-15(7-5-14)23-8-9-29-12-18(23)25/h4-7,16-17H,8-13H2,1-3H3,(H,22,26)(H,27,28)/t16-,17-/m1/s1. The van der Waals surface area contributed by atoms with Crippen LogP contribution in [0.1, 0.15) is 27.2 Å². The summed E-state index contributed by atoms with van der Waals surface area (Å²) in [5, 5.41) is 12.3. The molecule has 2 aliphatic rings. The van der Waals surface area contributed by atoms with Crippen molar-refractivity contribution in [2.45, 2.75) is 39.3 Å². The maximum Gasteiger partial charge on any atom is 0.408 e. The van der Waals surface area contributed by atoms with Crippen LogP contribution in [0.5, 0.6) is 0 Å². The van der Waals surface area contributed by atoms with Gasteiger partial charge in [-0.3, -0.25) is 14.5 Å². The number of morpholine rings is 1. The third-order valence-corrected chi connectivity index (χ3v) is 5.00. The number of carbonyl (C=O) groups is 3. The molecule has 2 N–H and O–H groups in total. The van der Waals surface area contributed by atoms with Crippen molar-refractivity contribution in [3.05, 3.63) is 24.3 Å². The monoisotopic (exact) mass is 419 g/mol. The van der Waals surface area contributed by atoms with Crippen molar-refractivity contribution in [1.29, 1.82) is 0 Å². The highest BCUT2D eigenvalue weighted by molar-refractivity contribution is 5.98. The van der Waals surface area contributed by atoms with Crippen LogP contribution in [0.3, 0.4) is 0 Å². The lowest BCUT2D eigenvalue weighted by Gasteiger charge is -2.27. The van der Waals surface area contributed by atoms with Gasteiger partial charge in [0.25, 0.3) is 5.91 Å². The first-order valence-electron chi connectivity index (χ1n) is 10.0. The first-order chi connectivity index (χ1) is 14.1. The zero-order chi connectivity index (χ0) is 21.9. The van der Waals surface area contributed by atoms with Crippen LogP contribution in [-0.4, -0.2) is 73.0 Å². The molecular weight excluding hydrogens is 390 g/mol. The molecule has 3 amide bonds. The Bertz CT molecular complexity index is 789. The number of rotatable bonds is 5. The summed E-state index contributed by atoms with van der Waals surface area (Å²) in [6.45, 7) is 7.79. The van der Waals surface area contributed by atoms with Gasteiger partial charge in [-0.1, -0.05) is 20.8 Å². The summed E-state index contributed by atoms with van der Waals surface area (Å²) in [5.41, 5.74) is 1.22. The molecule has 1 aromatic carbocycles. The van der Waals surface area contributed by atoms with E-state index in [0.29, 0.717) is 31.9 Å². The molecule has 1 aromatic rings. The SMILES string of the molecule is CC(C)(C)CO[C@@H]1C[C@H](C(=O)Nc2ccc(N3CCOCC3=O)cc2)N(C(=O)O)C1. The number of carboxylic acid groups (broad SMARTS) is 1. The van der Waals surface area contributed by atoms with E-state index in [-0.39, 0.29) is 30.6 Å². The molecule has 2 heterocycles. The molecule has 2 fully saturated rings. The first-order valence-corrected chi connectivity index (χ1v) is 10.0. The van der Waals surface area contributed by atoms with E-state index in [1.165, 1.54) is 0 Å². The number of carbonyl (C=O) groups excluding carboxylic acids is 2. The highest BCUT2D eigenvalue weighted by atomic mass is 16.5. The fourth-order valence-corrected chi connectivity index (χ4v) is 3.49. The third-order valence-electron chi connectivity index (χ3n) is 5.00. The second-order valence-corrected chi connectivity index (χ2v) is 8.81. The van der Waals surface area contributed by atoms with Crippen molar-refractivity contribution in [3.8, 4) is 0 Å². The van der Waals surface area contributed by atoms with Crippen LogP contribution in [-0.2, 0) is 19.1 Å². The average molecular weight is 419 g/mol. The Balaban J connectivity index is 1.62. The van der Waals surface area contributed by atoms with Crippen molar-refractivity contribution in [2.24, 2.45) is 5.41 Å². The van der Waals surface area contributed by atoms with Gasteiger partial charge in [0.2, 0.25) is 5.91 Å². The fourth-order valence-electron chi connectivity index (χ4n) is 3.49. The van der Waals surface area contributed by atoms with Gasteiger partial charge in [-0.2, -0.15) is 0 Å². The fraction of sp³-hybridized carbons (Fsp3) is 0.571.